The molecule has 132 valence electrons. The molecule has 0 spiro atoms. The van der Waals surface area contributed by atoms with Crippen molar-refractivity contribution in [2.75, 3.05) is 19.7 Å². The van der Waals surface area contributed by atoms with Gasteiger partial charge in [0.25, 0.3) is 5.60 Å². The van der Waals surface area contributed by atoms with Crippen molar-refractivity contribution < 1.29 is 35.8 Å². The Kier molecular flexibility index (Phi) is 6.79. The smallest absolute Gasteiger partial charge is 0.359 e. The highest BCUT2D eigenvalue weighted by atomic mass is 32.2. The molecule has 0 saturated heterocycles. The highest BCUT2D eigenvalue weighted by molar-refractivity contribution is 7.99. The average molecular weight is 362 g/mol. The Bertz CT molecular complexity index is 460. The van der Waals surface area contributed by atoms with Crippen LogP contribution in [0.3, 0.4) is 0 Å². The number of alkyl halides is 6. The van der Waals surface area contributed by atoms with E-state index in [-0.39, 0.29) is 0 Å². The molecule has 0 radical (unpaired) electrons. The van der Waals surface area contributed by atoms with Gasteiger partial charge in [-0.25, -0.2) is 0 Å². The molecule has 0 N–H and O–H groups in total. The van der Waals surface area contributed by atoms with E-state index in [0.717, 1.165) is 25.8 Å². The van der Waals surface area contributed by atoms with E-state index in [1.54, 1.807) is 30.3 Å². The van der Waals surface area contributed by atoms with E-state index < -0.39 is 36.4 Å². The van der Waals surface area contributed by atoms with Crippen LogP contribution in [0.1, 0.15) is 6.92 Å². The molecular weight excluding hydrogens is 346 g/mol. The van der Waals surface area contributed by atoms with Crippen LogP contribution >= 0.6 is 11.8 Å². The van der Waals surface area contributed by atoms with E-state index in [4.69, 9.17) is 0 Å². The largest absolute Gasteiger partial charge is 0.426 e. The fraction of sp³-hybridized carbons (Fsp3) is 0.571. The van der Waals surface area contributed by atoms with Gasteiger partial charge in [-0.2, -0.15) is 26.3 Å². The zero-order valence-electron chi connectivity index (χ0n) is 12.4. The number of halogens is 6. The number of hydrogen-bond acceptors (Lipinski definition) is 3. The lowest BCUT2D eigenvalue weighted by atomic mass is 9.88. The normalized spacial score (nSPS) is 14.8. The predicted octanol–water partition coefficient (Wildman–Crippen LogP) is 4.90. The number of thioether (sulfide) groups is 1. The minimum atomic E-state index is -5.62. The van der Waals surface area contributed by atoms with Crippen molar-refractivity contribution in [3.8, 4) is 0 Å². The summed E-state index contributed by atoms with van der Waals surface area (Å²) in [6.45, 7) is -0.244. The van der Waals surface area contributed by atoms with Crippen molar-refractivity contribution in [1.82, 2.24) is 0 Å². The van der Waals surface area contributed by atoms with Gasteiger partial charge in [0.05, 0.1) is 0 Å². The van der Waals surface area contributed by atoms with E-state index in [2.05, 4.69) is 9.47 Å². The Morgan fingerprint density at radius 1 is 1.00 bits per heavy atom. The molecule has 0 heterocycles. The summed E-state index contributed by atoms with van der Waals surface area (Å²) in [4.78, 5) is 0.573. The van der Waals surface area contributed by atoms with Crippen molar-refractivity contribution in [1.29, 1.82) is 0 Å². The molecule has 0 bridgehead atoms. The number of ether oxygens (including phenoxy) is 2. The van der Waals surface area contributed by atoms with Crippen molar-refractivity contribution in [3.05, 3.63) is 30.3 Å². The Labute approximate surface area is 134 Å². The van der Waals surface area contributed by atoms with E-state index in [9.17, 15) is 26.3 Å². The van der Waals surface area contributed by atoms with Crippen LogP contribution < -0.4 is 0 Å². The van der Waals surface area contributed by atoms with Crippen LogP contribution in [0.2, 0.25) is 0 Å². The molecule has 0 aliphatic carbocycles. The molecule has 1 aromatic rings. The predicted molar refractivity (Wildman–Crippen MR) is 74.1 cm³/mol. The lowest BCUT2D eigenvalue weighted by molar-refractivity contribution is -0.404. The maximum absolute atomic E-state index is 13.3. The zero-order valence-corrected chi connectivity index (χ0v) is 13.2. The van der Waals surface area contributed by atoms with Gasteiger partial charge >= 0.3 is 12.4 Å². The SMILES string of the molecule is COCOC([C@H](C)CSc1ccccc1)(C(F)(F)F)C(F)(F)F. The molecule has 0 saturated carbocycles. The quantitative estimate of drug-likeness (QED) is 0.391. The van der Waals surface area contributed by atoms with Gasteiger partial charge in [-0.3, -0.25) is 0 Å². The maximum atomic E-state index is 13.3. The molecule has 1 atom stereocenters. The number of rotatable bonds is 7. The summed E-state index contributed by atoms with van der Waals surface area (Å²) in [7, 11) is 0.959. The summed E-state index contributed by atoms with van der Waals surface area (Å²) in [5.41, 5.74) is -4.28. The molecular formula is C14H16F6O2S. The van der Waals surface area contributed by atoms with Crippen LogP contribution in [0.15, 0.2) is 35.2 Å². The topological polar surface area (TPSA) is 18.5 Å². The van der Waals surface area contributed by atoms with Crippen LogP contribution in [-0.2, 0) is 9.47 Å². The fourth-order valence-corrected chi connectivity index (χ4v) is 3.06. The Morgan fingerprint density at radius 3 is 1.96 bits per heavy atom. The van der Waals surface area contributed by atoms with Gasteiger partial charge in [-0.05, 0) is 12.1 Å². The monoisotopic (exact) mass is 362 g/mol. The minimum Gasteiger partial charge on any atom is -0.359 e. The molecule has 9 heteroatoms. The van der Waals surface area contributed by atoms with Crippen molar-refractivity contribution >= 4 is 11.8 Å². The molecule has 0 unspecified atom stereocenters. The third-order valence-electron chi connectivity index (χ3n) is 3.18. The highest BCUT2D eigenvalue weighted by Gasteiger charge is 2.74. The Morgan fingerprint density at radius 2 is 1.52 bits per heavy atom. The van der Waals surface area contributed by atoms with Crippen LogP contribution in [-0.4, -0.2) is 37.6 Å². The van der Waals surface area contributed by atoms with Gasteiger partial charge in [0.1, 0.15) is 6.79 Å². The summed E-state index contributed by atoms with van der Waals surface area (Å²) in [5.74, 6) is -2.30. The second-order valence-electron chi connectivity index (χ2n) is 4.81. The van der Waals surface area contributed by atoms with Gasteiger partial charge in [-0.15, -0.1) is 11.8 Å². The highest BCUT2D eigenvalue weighted by Crippen LogP contribution is 2.51. The maximum Gasteiger partial charge on any atom is 0.426 e. The fourth-order valence-electron chi connectivity index (χ4n) is 2.03. The third-order valence-corrected chi connectivity index (χ3v) is 4.46. The minimum absolute atomic E-state index is 0.424. The van der Waals surface area contributed by atoms with Gasteiger partial charge in [-0.1, -0.05) is 25.1 Å². The molecule has 1 rings (SSSR count). The molecule has 0 aliphatic heterocycles. The standard InChI is InChI=1S/C14H16F6O2S/c1-10(8-23-11-6-4-3-5-7-11)12(13(15,16)17,14(18,19)20)22-9-21-2/h3-7,10H,8-9H2,1-2H3/t10-/m1/s1. The van der Waals surface area contributed by atoms with E-state index >= 15 is 0 Å². The molecule has 0 aromatic heterocycles. The second kappa shape index (κ2) is 7.76. The van der Waals surface area contributed by atoms with Crippen molar-refractivity contribution in [2.24, 2.45) is 5.92 Å². The number of benzene rings is 1. The number of hydrogen-bond donors (Lipinski definition) is 0. The average Bonchev–Trinajstić information content (AvgIpc) is 2.44. The summed E-state index contributed by atoms with van der Waals surface area (Å²) in [6, 6.07) is 8.21. The van der Waals surface area contributed by atoms with Crippen molar-refractivity contribution in [2.45, 2.75) is 29.8 Å². The first-order valence-electron chi connectivity index (χ1n) is 6.50. The van der Waals surface area contributed by atoms with E-state index in [0.29, 0.717) is 4.90 Å². The van der Waals surface area contributed by atoms with Crippen LogP contribution in [0.4, 0.5) is 26.3 Å². The van der Waals surface area contributed by atoms with Gasteiger partial charge in [0.2, 0.25) is 0 Å². The van der Waals surface area contributed by atoms with Gasteiger partial charge in [0, 0.05) is 23.7 Å². The first-order valence-corrected chi connectivity index (χ1v) is 7.49. The van der Waals surface area contributed by atoms with Crippen LogP contribution in [0, 0.1) is 5.92 Å². The molecule has 23 heavy (non-hydrogen) atoms. The first-order chi connectivity index (χ1) is 10.6. The summed E-state index contributed by atoms with van der Waals surface area (Å²) in [5, 5.41) is 0. The molecule has 2 nitrogen and oxygen atoms in total. The van der Waals surface area contributed by atoms with Gasteiger partial charge in [0.15, 0.2) is 0 Å². The zero-order chi connectivity index (χ0) is 17.7. The summed E-state index contributed by atoms with van der Waals surface area (Å²) >= 11 is 0.900. The summed E-state index contributed by atoms with van der Waals surface area (Å²) in [6.07, 6.45) is -11.2. The van der Waals surface area contributed by atoms with Crippen LogP contribution in [0.5, 0.6) is 0 Å². The lowest BCUT2D eigenvalue weighted by Crippen LogP contribution is -2.63. The molecule has 0 amide bonds. The lowest BCUT2D eigenvalue weighted by Gasteiger charge is -2.41. The molecule has 0 fully saturated rings. The van der Waals surface area contributed by atoms with Crippen LogP contribution in [0.25, 0.3) is 0 Å². The summed E-state index contributed by atoms with van der Waals surface area (Å²) < 4.78 is 88.0. The number of methoxy groups -OCH3 is 1. The third kappa shape index (κ3) is 4.54. The molecule has 1 aromatic carbocycles. The molecule has 0 aliphatic rings. The van der Waals surface area contributed by atoms with E-state index in [1.807, 2.05) is 0 Å². The Balaban J connectivity index is 3.06. The van der Waals surface area contributed by atoms with E-state index in [1.165, 1.54) is 0 Å². The second-order valence-corrected chi connectivity index (χ2v) is 5.90. The Hall–Kier alpha value is -0.930. The first kappa shape index (κ1) is 20.1. The van der Waals surface area contributed by atoms with Crippen molar-refractivity contribution in [3.63, 3.8) is 0 Å². The van der Waals surface area contributed by atoms with Gasteiger partial charge < -0.3 is 9.47 Å².